The summed E-state index contributed by atoms with van der Waals surface area (Å²) in [5.74, 6) is 0.703. The molecule has 0 saturated carbocycles. The lowest BCUT2D eigenvalue weighted by atomic mass is 10.2. The van der Waals surface area contributed by atoms with Crippen molar-refractivity contribution in [3.63, 3.8) is 0 Å². The number of nitrogens with zero attached hydrogens (tertiary/aromatic N) is 3. The molecule has 2 aromatic heterocycles. The zero-order valence-electron chi connectivity index (χ0n) is 13.6. The third-order valence-corrected chi connectivity index (χ3v) is 3.83. The van der Waals surface area contributed by atoms with Gasteiger partial charge in [-0.3, -0.25) is 0 Å². The van der Waals surface area contributed by atoms with Crippen LogP contribution in [-0.2, 0) is 6.54 Å². The lowest BCUT2D eigenvalue weighted by molar-refractivity contribution is 0.269. The Balaban J connectivity index is 0.00000208. The molecule has 0 aliphatic rings. The zero-order valence-corrected chi connectivity index (χ0v) is 13.6. The molecule has 0 unspecified atom stereocenters. The fraction of sp³-hybridized carbons (Fsp3) is 0.350. The average molecular weight is 325 g/mol. The lowest BCUT2D eigenvalue weighted by Crippen LogP contribution is -2.19. The molecule has 24 heavy (non-hydrogen) atoms. The summed E-state index contributed by atoms with van der Waals surface area (Å²) in [5, 5.41) is 4.39. The summed E-state index contributed by atoms with van der Waals surface area (Å²) >= 11 is 0. The highest BCUT2D eigenvalue weighted by molar-refractivity contribution is 5.48. The number of hydrogen-bond donors (Lipinski definition) is 0. The van der Waals surface area contributed by atoms with Gasteiger partial charge in [0.25, 0.3) is 0 Å². The average Bonchev–Trinajstić information content (AvgIpc) is 2.98. The van der Waals surface area contributed by atoms with Crippen molar-refractivity contribution in [2.45, 2.75) is 26.8 Å². The Bertz CT molecular complexity index is 691. The molecule has 128 valence electrons. The van der Waals surface area contributed by atoms with Gasteiger partial charge in [-0.2, -0.15) is 0 Å². The van der Waals surface area contributed by atoms with Crippen LogP contribution in [0.2, 0.25) is 0 Å². The van der Waals surface area contributed by atoms with Crippen LogP contribution in [-0.4, -0.2) is 34.7 Å². The first-order valence-electron chi connectivity index (χ1n) is 8.11. The van der Waals surface area contributed by atoms with E-state index in [1.807, 2.05) is 35.0 Å². The van der Waals surface area contributed by atoms with E-state index in [0.717, 1.165) is 31.4 Å². The Hall–Kier alpha value is -2.33. The summed E-state index contributed by atoms with van der Waals surface area (Å²) in [6.07, 6.45) is 4.09. The second-order valence-corrected chi connectivity index (χ2v) is 5.83. The molecule has 0 spiro atoms. The van der Waals surface area contributed by atoms with Crippen molar-refractivity contribution in [2.24, 2.45) is 0 Å². The third-order valence-electron chi connectivity index (χ3n) is 3.83. The van der Waals surface area contributed by atoms with Gasteiger partial charge < -0.3 is 9.64 Å². The van der Waals surface area contributed by atoms with Crippen LogP contribution < -0.4 is 4.74 Å². The maximum atomic E-state index is 5.74. The molecule has 1 aromatic carbocycles. The summed E-state index contributed by atoms with van der Waals surface area (Å²) in [4.78, 5) is 2.35. The molecule has 0 aliphatic carbocycles. The molecule has 0 N–H and O–H groups in total. The normalized spacial score (nSPS) is 10.8. The Kier molecular flexibility index (Phi) is 6.82. The Morgan fingerprint density at radius 1 is 1.04 bits per heavy atom. The molecule has 4 nitrogen and oxygen atoms in total. The van der Waals surface area contributed by atoms with E-state index in [9.17, 15) is 0 Å². The lowest BCUT2D eigenvalue weighted by Gasteiger charge is -2.16. The van der Waals surface area contributed by atoms with E-state index in [1.165, 1.54) is 5.56 Å². The van der Waals surface area contributed by atoms with E-state index in [0.29, 0.717) is 12.5 Å². The minimum atomic E-state index is 0. The number of ether oxygens (including phenoxy) is 1. The van der Waals surface area contributed by atoms with Crippen LogP contribution in [0.3, 0.4) is 0 Å². The summed E-state index contributed by atoms with van der Waals surface area (Å²) in [7, 11) is 2.16. The highest BCUT2D eigenvalue weighted by atomic mass is 16.5. The van der Waals surface area contributed by atoms with Crippen molar-refractivity contribution in [1.82, 2.24) is 14.5 Å². The van der Waals surface area contributed by atoms with Crippen molar-refractivity contribution >= 4 is 5.52 Å². The second kappa shape index (κ2) is 9.08. The SMILES string of the molecule is C.CN(CCCCOc1cc2ccccn2n1)Cc1ccccc1. The van der Waals surface area contributed by atoms with Crippen LogP contribution in [0, 0.1) is 0 Å². The van der Waals surface area contributed by atoms with Crippen LogP contribution in [0.15, 0.2) is 60.8 Å². The maximum Gasteiger partial charge on any atom is 0.233 e. The minimum absolute atomic E-state index is 0. The van der Waals surface area contributed by atoms with Gasteiger partial charge in [-0.15, -0.1) is 5.10 Å². The molecule has 0 radical (unpaired) electrons. The first kappa shape index (κ1) is 18.0. The van der Waals surface area contributed by atoms with Gasteiger partial charge in [-0.05, 0) is 44.1 Å². The standard InChI is InChI=1S/C19H23N3O.CH4/c1-21(16-17-9-3-2-4-10-17)12-7-8-14-23-19-15-18-11-5-6-13-22(18)20-19;/h2-6,9-11,13,15H,7-8,12,14,16H2,1H3;1H4. The van der Waals surface area contributed by atoms with Crippen LogP contribution >= 0.6 is 0 Å². The number of aromatic nitrogens is 2. The first-order valence-corrected chi connectivity index (χ1v) is 8.11. The summed E-state index contributed by atoms with van der Waals surface area (Å²) < 4.78 is 7.58. The van der Waals surface area contributed by atoms with E-state index in [2.05, 4.69) is 47.4 Å². The molecular weight excluding hydrogens is 298 g/mol. The quantitative estimate of drug-likeness (QED) is 0.580. The van der Waals surface area contributed by atoms with E-state index < -0.39 is 0 Å². The first-order chi connectivity index (χ1) is 11.3. The molecule has 0 saturated heterocycles. The van der Waals surface area contributed by atoms with Gasteiger partial charge in [0.15, 0.2) is 0 Å². The topological polar surface area (TPSA) is 29.8 Å². The largest absolute Gasteiger partial charge is 0.477 e. The summed E-state index contributed by atoms with van der Waals surface area (Å²) in [6, 6.07) is 18.5. The van der Waals surface area contributed by atoms with Gasteiger partial charge in [0.1, 0.15) is 0 Å². The number of pyridine rings is 1. The van der Waals surface area contributed by atoms with Crippen molar-refractivity contribution in [3.05, 3.63) is 66.4 Å². The van der Waals surface area contributed by atoms with Gasteiger partial charge in [-0.25, -0.2) is 4.52 Å². The monoisotopic (exact) mass is 325 g/mol. The van der Waals surface area contributed by atoms with Crippen LogP contribution in [0.4, 0.5) is 0 Å². The smallest absolute Gasteiger partial charge is 0.233 e. The van der Waals surface area contributed by atoms with Crippen molar-refractivity contribution in [3.8, 4) is 5.88 Å². The van der Waals surface area contributed by atoms with Crippen molar-refractivity contribution in [2.75, 3.05) is 20.2 Å². The minimum Gasteiger partial charge on any atom is -0.477 e. The highest BCUT2D eigenvalue weighted by Crippen LogP contribution is 2.13. The molecule has 0 atom stereocenters. The van der Waals surface area contributed by atoms with E-state index in [4.69, 9.17) is 4.74 Å². The second-order valence-electron chi connectivity index (χ2n) is 5.83. The molecular formula is C20H27N3O. The van der Waals surface area contributed by atoms with Gasteiger partial charge in [0, 0.05) is 18.8 Å². The van der Waals surface area contributed by atoms with E-state index >= 15 is 0 Å². The fourth-order valence-electron chi connectivity index (χ4n) is 2.62. The molecule has 2 heterocycles. The molecule has 0 aliphatic heterocycles. The number of rotatable bonds is 8. The number of fused-ring (bicyclic) bond motifs is 1. The van der Waals surface area contributed by atoms with Crippen molar-refractivity contribution in [1.29, 1.82) is 0 Å². The molecule has 3 aromatic rings. The fourth-order valence-corrected chi connectivity index (χ4v) is 2.62. The molecule has 3 rings (SSSR count). The maximum absolute atomic E-state index is 5.74. The zero-order chi connectivity index (χ0) is 15.9. The van der Waals surface area contributed by atoms with Crippen molar-refractivity contribution < 1.29 is 4.74 Å². The van der Waals surface area contributed by atoms with Gasteiger partial charge in [0.2, 0.25) is 5.88 Å². The van der Waals surface area contributed by atoms with Crippen LogP contribution in [0.25, 0.3) is 5.52 Å². The van der Waals surface area contributed by atoms with Crippen LogP contribution in [0.5, 0.6) is 5.88 Å². The molecule has 0 fully saturated rings. The molecule has 0 bridgehead atoms. The summed E-state index contributed by atoms with van der Waals surface area (Å²) in [6.45, 7) is 2.78. The number of benzene rings is 1. The van der Waals surface area contributed by atoms with Gasteiger partial charge in [0.05, 0.1) is 12.1 Å². The van der Waals surface area contributed by atoms with Gasteiger partial charge >= 0.3 is 0 Å². The van der Waals surface area contributed by atoms with E-state index in [-0.39, 0.29) is 7.43 Å². The third kappa shape index (κ3) is 5.10. The highest BCUT2D eigenvalue weighted by Gasteiger charge is 2.02. The molecule has 4 heteroatoms. The van der Waals surface area contributed by atoms with Gasteiger partial charge in [-0.1, -0.05) is 43.8 Å². The Morgan fingerprint density at radius 3 is 2.62 bits per heavy atom. The molecule has 0 amide bonds. The number of hydrogen-bond acceptors (Lipinski definition) is 3. The predicted molar refractivity (Wildman–Crippen MR) is 99.4 cm³/mol. The van der Waals surface area contributed by atoms with Crippen LogP contribution in [0.1, 0.15) is 25.8 Å². The predicted octanol–water partition coefficient (Wildman–Crippen LogP) is 4.26. The Labute approximate surface area is 144 Å². The Morgan fingerprint density at radius 2 is 1.83 bits per heavy atom. The summed E-state index contributed by atoms with van der Waals surface area (Å²) in [5.41, 5.74) is 2.42. The number of unbranched alkanes of at least 4 members (excludes halogenated alkanes) is 1. The van der Waals surface area contributed by atoms with E-state index in [1.54, 1.807) is 0 Å².